The van der Waals surface area contributed by atoms with E-state index in [0.717, 1.165) is 26.3 Å². The van der Waals surface area contributed by atoms with Crippen molar-refractivity contribution in [2.24, 2.45) is 0 Å². The van der Waals surface area contributed by atoms with Crippen LogP contribution in [0.25, 0.3) is 26.9 Å². The van der Waals surface area contributed by atoms with Crippen LogP contribution in [0.4, 0.5) is 0 Å². The van der Waals surface area contributed by atoms with Crippen LogP contribution in [0.15, 0.2) is 65.7 Å². The zero-order valence-electron chi connectivity index (χ0n) is 15.4. The van der Waals surface area contributed by atoms with Crippen molar-refractivity contribution in [1.29, 1.82) is 0 Å². The standard InChI is InChI=1S/C21H17N5OS/c1-13-5-8-19(28-13)25-11-9-18-20(21(25)27)26(24-23-18)14(2)15-6-7-17-16(12-15)4-3-10-22-17/h3-12,14H,1-2H3/t14-/m1/s1. The quantitative estimate of drug-likeness (QED) is 0.467. The number of pyridine rings is 2. The monoisotopic (exact) mass is 387 g/mol. The van der Waals surface area contributed by atoms with Crippen molar-refractivity contribution in [2.45, 2.75) is 19.9 Å². The summed E-state index contributed by atoms with van der Waals surface area (Å²) >= 11 is 1.58. The number of thiophene rings is 1. The molecule has 0 unspecified atom stereocenters. The van der Waals surface area contributed by atoms with E-state index in [-0.39, 0.29) is 11.6 Å². The molecule has 0 amide bonds. The Bertz CT molecular complexity index is 1380. The van der Waals surface area contributed by atoms with Gasteiger partial charge in [0.15, 0.2) is 5.52 Å². The third-order valence-corrected chi connectivity index (χ3v) is 5.96. The van der Waals surface area contributed by atoms with Gasteiger partial charge >= 0.3 is 0 Å². The summed E-state index contributed by atoms with van der Waals surface area (Å²) in [6.07, 6.45) is 3.55. The summed E-state index contributed by atoms with van der Waals surface area (Å²) < 4.78 is 3.38. The number of fused-ring (bicyclic) bond motifs is 2. The summed E-state index contributed by atoms with van der Waals surface area (Å²) in [5.74, 6) is 0. The molecule has 0 aliphatic carbocycles. The number of aromatic nitrogens is 5. The molecule has 0 spiro atoms. The highest BCUT2D eigenvalue weighted by atomic mass is 32.1. The molecule has 0 saturated heterocycles. The van der Waals surface area contributed by atoms with Gasteiger partial charge in [0.25, 0.3) is 5.56 Å². The van der Waals surface area contributed by atoms with E-state index in [1.807, 2.05) is 56.3 Å². The molecule has 5 aromatic rings. The normalized spacial score (nSPS) is 12.6. The first-order chi connectivity index (χ1) is 13.6. The molecule has 28 heavy (non-hydrogen) atoms. The molecule has 4 aromatic heterocycles. The number of benzene rings is 1. The molecule has 1 aromatic carbocycles. The van der Waals surface area contributed by atoms with Gasteiger partial charge in [-0.1, -0.05) is 17.3 Å². The molecule has 1 atom stereocenters. The minimum Gasteiger partial charge on any atom is -0.273 e. The van der Waals surface area contributed by atoms with E-state index in [2.05, 4.69) is 21.4 Å². The smallest absolute Gasteiger partial charge is 0.273 e. The molecular weight excluding hydrogens is 370 g/mol. The lowest BCUT2D eigenvalue weighted by atomic mass is 10.1. The number of nitrogens with zero attached hydrogens (tertiary/aromatic N) is 5. The average molecular weight is 387 g/mol. The zero-order valence-corrected chi connectivity index (χ0v) is 16.2. The minimum atomic E-state index is -0.136. The van der Waals surface area contributed by atoms with Gasteiger partial charge in [-0.3, -0.25) is 14.3 Å². The van der Waals surface area contributed by atoms with Crippen LogP contribution < -0.4 is 5.56 Å². The van der Waals surface area contributed by atoms with Crippen molar-refractivity contribution in [3.05, 3.63) is 81.7 Å². The van der Waals surface area contributed by atoms with Gasteiger partial charge in [0.2, 0.25) is 0 Å². The maximum absolute atomic E-state index is 13.2. The van der Waals surface area contributed by atoms with Crippen molar-refractivity contribution >= 4 is 33.3 Å². The predicted molar refractivity (Wildman–Crippen MR) is 111 cm³/mol. The fraction of sp³-hybridized carbons (Fsp3) is 0.143. The highest BCUT2D eigenvalue weighted by Crippen LogP contribution is 2.24. The SMILES string of the molecule is Cc1ccc(-n2ccc3nnn([C@H](C)c4ccc5ncccc5c4)c3c2=O)s1. The Balaban J connectivity index is 1.66. The zero-order chi connectivity index (χ0) is 19.3. The lowest BCUT2D eigenvalue weighted by Crippen LogP contribution is -2.21. The van der Waals surface area contributed by atoms with Crippen LogP contribution in [0.2, 0.25) is 0 Å². The van der Waals surface area contributed by atoms with E-state index < -0.39 is 0 Å². The maximum Gasteiger partial charge on any atom is 0.283 e. The Morgan fingerprint density at radius 1 is 1.07 bits per heavy atom. The third-order valence-electron chi connectivity index (χ3n) is 4.96. The van der Waals surface area contributed by atoms with Gasteiger partial charge in [0, 0.05) is 22.7 Å². The number of aryl methyl sites for hydroxylation is 1. The third kappa shape index (κ3) is 2.63. The second-order valence-electron chi connectivity index (χ2n) is 6.77. The second-order valence-corrected chi connectivity index (χ2v) is 8.04. The van der Waals surface area contributed by atoms with Gasteiger partial charge in [0.1, 0.15) is 10.5 Å². The molecule has 4 heterocycles. The van der Waals surface area contributed by atoms with E-state index in [9.17, 15) is 4.79 Å². The molecule has 5 rings (SSSR count). The summed E-state index contributed by atoms with van der Waals surface area (Å²) in [6.45, 7) is 4.05. The fourth-order valence-corrected chi connectivity index (χ4v) is 4.29. The van der Waals surface area contributed by atoms with Gasteiger partial charge in [-0.2, -0.15) is 0 Å². The Kier molecular flexibility index (Phi) is 3.84. The maximum atomic E-state index is 13.2. The lowest BCUT2D eigenvalue weighted by molar-refractivity contribution is 0.558. The van der Waals surface area contributed by atoms with Crippen molar-refractivity contribution in [3.8, 4) is 5.00 Å². The molecule has 0 aliphatic rings. The highest BCUT2D eigenvalue weighted by molar-refractivity contribution is 7.14. The van der Waals surface area contributed by atoms with Crippen molar-refractivity contribution < 1.29 is 0 Å². The molecule has 0 aliphatic heterocycles. The second kappa shape index (κ2) is 6.38. The molecule has 6 nitrogen and oxygen atoms in total. The largest absolute Gasteiger partial charge is 0.283 e. The summed E-state index contributed by atoms with van der Waals surface area (Å²) in [5, 5.41) is 10.5. The Morgan fingerprint density at radius 2 is 1.96 bits per heavy atom. The summed E-state index contributed by atoms with van der Waals surface area (Å²) in [6, 6.07) is 15.7. The van der Waals surface area contributed by atoms with Crippen molar-refractivity contribution in [3.63, 3.8) is 0 Å². The molecule has 0 fully saturated rings. The summed E-state index contributed by atoms with van der Waals surface area (Å²) in [7, 11) is 0. The average Bonchev–Trinajstić information content (AvgIpc) is 3.34. The number of hydrogen-bond acceptors (Lipinski definition) is 5. The van der Waals surface area contributed by atoms with E-state index in [4.69, 9.17) is 0 Å². The van der Waals surface area contributed by atoms with E-state index in [1.54, 1.807) is 33.0 Å². The van der Waals surface area contributed by atoms with Crippen LogP contribution >= 0.6 is 11.3 Å². The van der Waals surface area contributed by atoms with Crippen LogP contribution in [-0.2, 0) is 0 Å². The molecule has 0 bridgehead atoms. The highest BCUT2D eigenvalue weighted by Gasteiger charge is 2.18. The predicted octanol–water partition coefficient (Wildman–Crippen LogP) is 4.11. The summed E-state index contributed by atoms with van der Waals surface area (Å²) in [4.78, 5) is 18.8. The first kappa shape index (κ1) is 16.8. The molecule has 0 N–H and O–H groups in total. The number of hydrogen-bond donors (Lipinski definition) is 0. The molecule has 0 saturated carbocycles. The Labute approximate surface area is 164 Å². The van der Waals surface area contributed by atoms with Crippen molar-refractivity contribution in [2.75, 3.05) is 0 Å². The van der Waals surface area contributed by atoms with Crippen LogP contribution in [0.1, 0.15) is 23.4 Å². The van der Waals surface area contributed by atoms with Gasteiger partial charge in [-0.25, -0.2) is 4.68 Å². The first-order valence-electron chi connectivity index (χ1n) is 9.00. The van der Waals surface area contributed by atoms with Crippen LogP contribution in [0.5, 0.6) is 0 Å². The molecule has 0 radical (unpaired) electrons. The Hall–Kier alpha value is -3.32. The van der Waals surface area contributed by atoms with Crippen LogP contribution in [-0.4, -0.2) is 24.5 Å². The minimum absolute atomic E-state index is 0.112. The first-order valence-corrected chi connectivity index (χ1v) is 9.81. The van der Waals surface area contributed by atoms with Gasteiger partial charge in [-0.05, 0) is 55.8 Å². The van der Waals surface area contributed by atoms with E-state index in [0.29, 0.717) is 11.0 Å². The fourth-order valence-electron chi connectivity index (χ4n) is 3.44. The molecular formula is C21H17N5OS. The van der Waals surface area contributed by atoms with E-state index >= 15 is 0 Å². The Morgan fingerprint density at radius 3 is 2.79 bits per heavy atom. The van der Waals surface area contributed by atoms with Gasteiger partial charge in [0.05, 0.1) is 11.6 Å². The van der Waals surface area contributed by atoms with Crippen molar-refractivity contribution in [1.82, 2.24) is 24.5 Å². The molecule has 7 heteroatoms. The van der Waals surface area contributed by atoms with Crippen LogP contribution in [0.3, 0.4) is 0 Å². The van der Waals surface area contributed by atoms with Gasteiger partial charge in [-0.15, -0.1) is 16.4 Å². The number of rotatable bonds is 3. The topological polar surface area (TPSA) is 65.6 Å². The molecule has 138 valence electrons. The van der Waals surface area contributed by atoms with Gasteiger partial charge < -0.3 is 0 Å². The van der Waals surface area contributed by atoms with Crippen LogP contribution in [0, 0.1) is 6.92 Å². The lowest BCUT2D eigenvalue weighted by Gasteiger charge is -2.14. The van der Waals surface area contributed by atoms with E-state index in [1.165, 1.54) is 0 Å². The summed E-state index contributed by atoms with van der Waals surface area (Å²) in [5.41, 5.74) is 2.99.